The summed E-state index contributed by atoms with van der Waals surface area (Å²) in [6.07, 6.45) is 3.09. The second-order valence-electron chi connectivity index (χ2n) is 8.47. The molecule has 1 aliphatic heterocycles. The molecular weight excluding hydrogens is 416 g/mol. The third-order valence-corrected chi connectivity index (χ3v) is 7.84. The van der Waals surface area contributed by atoms with Crippen molar-refractivity contribution in [2.24, 2.45) is 0 Å². The Morgan fingerprint density at radius 2 is 1.34 bits per heavy atom. The average molecular weight is 450 g/mol. The van der Waals surface area contributed by atoms with Crippen molar-refractivity contribution in [3.63, 3.8) is 0 Å². The second kappa shape index (κ2) is 10.3. The van der Waals surface area contributed by atoms with Gasteiger partial charge in [0.2, 0.25) is 0 Å². The van der Waals surface area contributed by atoms with Gasteiger partial charge in [-0.2, -0.15) is 0 Å². The van der Waals surface area contributed by atoms with Gasteiger partial charge in [-0.25, -0.2) is 0 Å². The topological polar surface area (TPSA) is 24.9 Å². The summed E-state index contributed by atoms with van der Waals surface area (Å²) in [5.74, 6) is 0.877. The molecule has 0 aliphatic carbocycles. The van der Waals surface area contributed by atoms with Crippen LogP contribution in [-0.2, 0) is 15.6 Å². The summed E-state index contributed by atoms with van der Waals surface area (Å²) in [5, 5.41) is 0. The van der Waals surface area contributed by atoms with Crippen molar-refractivity contribution in [1.82, 2.24) is 0 Å². The lowest BCUT2D eigenvalue weighted by Crippen LogP contribution is -2.25. The van der Waals surface area contributed by atoms with Crippen molar-refractivity contribution in [2.75, 3.05) is 44.6 Å². The molecule has 3 aromatic rings. The summed E-state index contributed by atoms with van der Waals surface area (Å²) in [5.41, 5.74) is 2.40. The molecule has 0 bridgehead atoms. The van der Waals surface area contributed by atoms with E-state index in [9.17, 15) is 0 Å². The van der Waals surface area contributed by atoms with E-state index in [-0.39, 0.29) is 17.2 Å². The number of benzene rings is 3. The molecule has 0 saturated carbocycles. The van der Waals surface area contributed by atoms with E-state index in [2.05, 4.69) is 105 Å². The molecule has 1 atom stereocenters. The Morgan fingerprint density at radius 3 is 1.84 bits per heavy atom. The van der Waals surface area contributed by atoms with Gasteiger partial charge in [-0.1, -0.05) is 6.07 Å². The van der Waals surface area contributed by atoms with E-state index in [0.29, 0.717) is 0 Å². The first kappa shape index (κ1) is 22.6. The van der Waals surface area contributed by atoms with E-state index in [1.807, 2.05) is 6.07 Å². The van der Waals surface area contributed by atoms with Crippen molar-refractivity contribution in [3.8, 4) is 5.75 Å². The standard InChI is InChI=1S/C27H33N2O2S/c1-28(2)21-11-15-24(16-12-21)32(25-17-13-22(14-18-25)29(3)4)26-9-7-8-23(20-26)31-27-10-5-6-19-30-27/h7-9,11-18,20,27H,5-6,10,19H2,1-4H3/q+1. The lowest BCUT2D eigenvalue weighted by molar-refractivity contribution is -0.106. The molecule has 4 nitrogen and oxygen atoms in total. The maximum Gasteiger partial charge on any atom is 0.199 e. The molecule has 0 spiro atoms. The number of ether oxygens (including phenoxy) is 2. The van der Waals surface area contributed by atoms with Gasteiger partial charge in [0, 0.05) is 52.1 Å². The van der Waals surface area contributed by atoms with Crippen LogP contribution in [0, 0.1) is 0 Å². The van der Waals surface area contributed by atoms with Crippen LogP contribution < -0.4 is 14.5 Å². The van der Waals surface area contributed by atoms with E-state index in [1.165, 1.54) is 26.1 Å². The summed E-state index contributed by atoms with van der Waals surface area (Å²) >= 11 is 0. The zero-order valence-corrected chi connectivity index (χ0v) is 20.3. The Kier molecular flexibility index (Phi) is 7.28. The minimum Gasteiger partial charge on any atom is -0.465 e. The van der Waals surface area contributed by atoms with Gasteiger partial charge in [-0.15, -0.1) is 0 Å². The van der Waals surface area contributed by atoms with Gasteiger partial charge in [-0.05, 0) is 73.5 Å². The largest absolute Gasteiger partial charge is 0.465 e. The predicted octanol–water partition coefficient (Wildman–Crippen LogP) is 5.82. The first-order valence-corrected chi connectivity index (χ1v) is 12.4. The van der Waals surface area contributed by atoms with Crippen LogP contribution in [0.5, 0.6) is 5.75 Å². The summed E-state index contributed by atoms with van der Waals surface area (Å²) in [6, 6.07) is 26.3. The van der Waals surface area contributed by atoms with Crippen molar-refractivity contribution in [1.29, 1.82) is 0 Å². The molecule has 32 heavy (non-hydrogen) atoms. The van der Waals surface area contributed by atoms with Gasteiger partial charge in [0.1, 0.15) is 5.75 Å². The highest BCUT2D eigenvalue weighted by atomic mass is 32.2. The summed E-state index contributed by atoms with van der Waals surface area (Å²) in [6.45, 7) is 0.783. The fraction of sp³-hybridized carbons (Fsp3) is 0.333. The first-order chi connectivity index (χ1) is 15.5. The third-order valence-electron chi connectivity index (χ3n) is 5.62. The molecule has 5 heteroatoms. The van der Waals surface area contributed by atoms with Gasteiger partial charge >= 0.3 is 0 Å². The molecule has 0 amide bonds. The Balaban J connectivity index is 1.69. The molecule has 3 aromatic carbocycles. The molecule has 0 radical (unpaired) electrons. The van der Waals surface area contributed by atoms with E-state index >= 15 is 0 Å². The minimum absolute atomic E-state index is 0.139. The van der Waals surface area contributed by atoms with Crippen molar-refractivity contribution >= 4 is 22.3 Å². The molecular formula is C27H33N2O2S+. The molecule has 168 valence electrons. The highest BCUT2D eigenvalue weighted by Crippen LogP contribution is 2.35. The molecule has 4 rings (SSSR count). The molecule has 1 aliphatic rings. The zero-order chi connectivity index (χ0) is 22.5. The van der Waals surface area contributed by atoms with Gasteiger partial charge in [0.05, 0.1) is 17.5 Å². The normalized spacial score (nSPS) is 16.1. The van der Waals surface area contributed by atoms with E-state index in [1.54, 1.807) is 0 Å². The highest BCUT2D eigenvalue weighted by Gasteiger charge is 2.29. The van der Waals surface area contributed by atoms with Crippen LogP contribution in [-0.4, -0.2) is 41.1 Å². The zero-order valence-electron chi connectivity index (χ0n) is 19.5. The minimum atomic E-state index is -0.232. The molecule has 1 fully saturated rings. The summed E-state index contributed by atoms with van der Waals surface area (Å²) in [4.78, 5) is 8.09. The number of hydrogen-bond donors (Lipinski definition) is 0. The van der Waals surface area contributed by atoms with E-state index in [0.717, 1.165) is 31.6 Å². The number of rotatable bonds is 7. The summed E-state index contributed by atoms with van der Waals surface area (Å²) in [7, 11) is 8.06. The molecule has 1 heterocycles. The van der Waals surface area contributed by atoms with Gasteiger partial charge in [-0.3, -0.25) is 0 Å². The van der Waals surface area contributed by atoms with Crippen LogP contribution in [0.4, 0.5) is 11.4 Å². The Labute approximate surface area is 195 Å². The van der Waals surface area contributed by atoms with Gasteiger partial charge in [0.15, 0.2) is 21.0 Å². The molecule has 1 unspecified atom stereocenters. The Bertz CT molecular complexity index is 945. The highest BCUT2D eigenvalue weighted by molar-refractivity contribution is 7.97. The maximum atomic E-state index is 6.19. The SMILES string of the molecule is CN(C)c1ccc([S+](c2ccc(N(C)C)cc2)c2cccc(OC3CCCCO3)c2)cc1. The Hall–Kier alpha value is -2.63. The molecule has 0 aromatic heterocycles. The van der Waals surface area contributed by atoms with Crippen LogP contribution in [0.25, 0.3) is 0 Å². The summed E-state index contributed by atoms with van der Waals surface area (Å²) < 4.78 is 12.0. The van der Waals surface area contributed by atoms with Crippen LogP contribution in [0.2, 0.25) is 0 Å². The van der Waals surface area contributed by atoms with Gasteiger partial charge < -0.3 is 19.3 Å². The van der Waals surface area contributed by atoms with E-state index < -0.39 is 0 Å². The molecule has 1 saturated heterocycles. The maximum absolute atomic E-state index is 6.19. The lowest BCUT2D eigenvalue weighted by Gasteiger charge is -2.23. The number of hydrogen-bond acceptors (Lipinski definition) is 4. The number of nitrogens with zero attached hydrogens (tertiary/aromatic N) is 2. The van der Waals surface area contributed by atoms with Crippen LogP contribution >= 0.6 is 0 Å². The van der Waals surface area contributed by atoms with Crippen LogP contribution in [0.3, 0.4) is 0 Å². The van der Waals surface area contributed by atoms with Crippen molar-refractivity contribution in [3.05, 3.63) is 72.8 Å². The fourth-order valence-electron chi connectivity index (χ4n) is 3.80. The van der Waals surface area contributed by atoms with Crippen molar-refractivity contribution < 1.29 is 9.47 Å². The smallest absolute Gasteiger partial charge is 0.199 e. The van der Waals surface area contributed by atoms with E-state index in [4.69, 9.17) is 9.47 Å². The lowest BCUT2D eigenvalue weighted by atomic mass is 10.2. The first-order valence-electron chi connectivity index (χ1n) is 11.2. The van der Waals surface area contributed by atoms with Crippen LogP contribution in [0.15, 0.2) is 87.5 Å². The monoisotopic (exact) mass is 449 g/mol. The Morgan fingerprint density at radius 1 is 0.750 bits per heavy atom. The second-order valence-corrected chi connectivity index (χ2v) is 10.5. The fourth-order valence-corrected chi connectivity index (χ4v) is 5.88. The predicted molar refractivity (Wildman–Crippen MR) is 134 cm³/mol. The van der Waals surface area contributed by atoms with Crippen molar-refractivity contribution in [2.45, 2.75) is 40.2 Å². The van der Waals surface area contributed by atoms with Crippen LogP contribution in [0.1, 0.15) is 19.3 Å². The third kappa shape index (κ3) is 5.40. The van der Waals surface area contributed by atoms with Gasteiger partial charge in [0.25, 0.3) is 0 Å². The quantitative estimate of drug-likeness (QED) is 0.424. The average Bonchev–Trinajstić information content (AvgIpc) is 2.81. The molecule has 0 N–H and O–H groups in total. The number of anilines is 2.